The zero-order valence-corrected chi connectivity index (χ0v) is 10.6. The maximum atomic E-state index is 9.77. The molecule has 3 heteroatoms. The van der Waals surface area contributed by atoms with Gasteiger partial charge in [-0.2, -0.15) is 0 Å². The topological polar surface area (TPSA) is 26.7 Å². The van der Waals surface area contributed by atoms with E-state index < -0.39 is 0 Å². The van der Waals surface area contributed by atoms with Crippen molar-refractivity contribution in [2.45, 2.75) is 38.7 Å². The van der Waals surface area contributed by atoms with Crippen LogP contribution < -0.4 is 0 Å². The van der Waals surface area contributed by atoms with Gasteiger partial charge < -0.3 is 10.0 Å². The summed E-state index contributed by atoms with van der Waals surface area (Å²) >= 11 is 0. The van der Waals surface area contributed by atoms with Crippen LogP contribution in [0.5, 0.6) is 0 Å². The van der Waals surface area contributed by atoms with Crippen LogP contribution in [0.4, 0.5) is 0 Å². The highest BCUT2D eigenvalue weighted by Gasteiger charge is 2.26. The molecule has 0 aromatic heterocycles. The summed E-state index contributed by atoms with van der Waals surface area (Å²) in [5.74, 6) is 1.01. The lowest BCUT2D eigenvalue weighted by Crippen LogP contribution is -2.48. The fraction of sp³-hybridized carbons (Fsp3) is 1.00. The van der Waals surface area contributed by atoms with Crippen molar-refractivity contribution in [2.75, 3.05) is 39.3 Å². The molecule has 1 aliphatic carbocycles. The molecule has 2 aliphatic rings. The largest absolute Gasteiger partial charge is 0.392 e. The summed E-state index contributed by atoms with van der Waals surface area (Å²) in [5, 5.41) is 9.77. The minimum Gasteiger partial charge on any atom is -0.392 e. The van der Waals surface area contributed by atoms with Crippen LogP contribution in [0.25, 0.3) is 0 Å². The van der Waals surface area contributed by atoms with Crippen LogP contribution in [-0.2, 0) is 0 Å². The Bertz CT molecular complexity index is 198. The summed E-state index contributed by atoms with van der Waals surface area (Å²) in [6, 6.07) is 0. The van der Waals surface area contributed by atoms with Crippen LogP contribution in [0.15, 0.2) is 0 Å². The van der Waals surface area contributed by atoms with Crippen LogP contribution >= 0.6 is 0 Å². The van der Waals surface area contributed by atoms with Crippen molar-refractivity contribution in [3.8, 4) is 0 Å². The van der Waals surface area contributed by atoms with Crippen LogP contribution in [0.3, 0.4) is 0 Å². The normalized spacial score (nSPS) is 25.9. The molecular formula is C13H26N2O. The molecule has 1 aliphatic heterocycles. The molecule has 1 N–H and O–H groups in total. The standard InChI is InChI=1S/C13H26N2O/c1-2-3-13(16)11-15-8-6-14(7-9-15)10-12-4-5-12/h12-13,16H,2-11H2,1H3. The molecule has 0 spiro atoms. The first-order chi connectivity index (χ1) is 7.78. The van der Waals surface area contributed by atoms with Gasteiger partial charge in [0, 0.05) is 39.3 Å². The summed E-state index contributed by atoms with van der Waals surface area (Å²) in [7, 11) is 0. The highest BCUT2D eigenvalue weighted by molar-refractivity contribution is 4.81. The fourth-order valence-electron chi connectivity index (χ4n) is 2.54. The van der Waals surface area contributed by atoms with Gasteiger partial charge in [0.15, 0.2) is 0 Å². The number of aliphatic hydroxyl groups is 1. The number of piperazine rings is 1. The Morgan fingerprint density at radius 1 is 1.12 bits per heavy atom. The quantitative estimate of drug-likeness (QED) is 0.736. The second-order valence-electron chi connectivity index (χ2n) is 5.49. The van der Waals surface area contributed by atoms with Gasteiger partial charge in [0.25, 0.3) is 0 Å². The second-order valence-corrected chi connectivity index (χ2v) is 5.49. The molecule has 1 atom stereocenters. The first kappa shape index (κ1) is 12.3. The number of β-amino-alcohol motifs (C(OH)–C–C–N with tert-alkyl or cyclic N) is 1. The summed E-state index contributed by atoms with van der Waals surface area (Å²) < 4.78 is 0. The Balaban J connectivity index is 1.60. The van der Waals surface area contributed by atoms with Gasteiger partial charge in [0.1, 0.15) is 0 Å². The number of aliphatic hydroxyl groups excluding tert-OH is 1. The Hall–Kier alpha value is -0.120. The number of hydrogen-bond donors (Lipinski definition) is 1. The highest BCUT2D eigenvalue weighted by atomic mass is 16.3. The number of hydrogen-bond acceptors (Lipinski definition) is 3. The fourth-order valence-corrected chi connectivity index (χ4v) is 2.54. The minimum absolute atomic E-state index is 0.111. The van der Waals surface area contributed by atoms with Gasteiger partial charge in [-0.25, -0.2) is 0 Å². The van der Waals surface area contributed by atoms with Gasteiger partial charge in [0.05, 0.1) is 6.10 Å². The van der Waals surface area contributed by atoms with Gasteiger partial charge >= 0.3 is 0 Å². The van der Waals surface area contributed by atoms with Crippen LogP contribution in [-0.4, -0.2) is 60.3 Å². The predicted octanol–water partition coefficient (Wildman–Crippen LogP) is 1.17. The zero-order chi connectivity index (χ0) is 11.4. The van der Waals surface area contributed by atoms with Crippen molar-refractivity contribution in [1.29, 1.82) is 0 Å². The molecule has 3 nitrogen and oxygen atoms in total. The zero-order valence-electron chi connectivity index (χ0n) is 10.6. The molecule has 1 saturated carbocycles. The van der Waals surface area contributed by atoms with Crippen molar-refractivity contribution in [1.82, 2.24) is 9.80 Å². The molecule has 1 unspecified atom stereocenters. The van der Waals surface area contributed by atoms with Crippen molar-refractivity contribution >= 4 is 0 Å². The van der Waals surface area contributed by atoms with E-state index in [1.54, 1.807) is 0 Å². The number of nitrogens with zero attached hydrogens (tertiary/aromatic N) is 2. The Morgan fingerprint density at radius 3 is 2.31 bits per heavy atom. The molecule has 16 heavy (non-hydrogen) atoms. The Labute approximate surface area is 99.4 Å². The summed E-state index contributed by atoms with van der Waals surface area (Å²) in [5.41, 5.74) is 0. The number of rotatable bonds is 6. The van der Waals surface area contributed by atoms with Gasteiger partial charge in [-0.05, 0) is 25.2 Å². The van der Waals surface area contributed by atoms with Crippen LogP contribution in [0.2, 0.25) is 0 Å². The molecule has 2 rings (SSSR count). The van der Waals surface area contributed by atoms with E-state index in [-0.39, 0.29) is 6.10 Å². The molecule has 0 radical (unpaired) electrons. The first-order valence-electron chi connectivity index (χ1n) is 6.90. The van der Waals surface area contributed by atoms with Crippen molar-refractivity contribution in [3.63, 3.8) is 0 Å². The minimum atomic E-state index is -0.111. The van der Waals surface area contributed by atoms with E-state index in [2.05, 4.69) is 16.7 Å². The average molecular weight is 226 g/mol. The van der Waals surface area contributed by atoms with Crippen molar-refractivity contribution < 1.29 is 5.11 Å². The molecule has 0 aromatic rings. The maximum Gasteiger partial charge on any atom is 0.0667 e. The second kappa shape index (κ2) is 5.99. The molecule has 0 amide bonds. The van der Waals surface area contributed by atoms with Gasteiger partial charge in [0.2, 0.25) is 0 Å². The SMILES string of the molecule is CCCC(O)CN1CCN(CC2CC2)CC1. The van der Waals surface area contributed by atoms with Crippen LogP contribution in [0, 0.1) is 5.92 Å². The van der Waals surface area contributed by atoms with Crippen molar-refractivity contribution in [2.24, 2.45) is 5.92 Å². The molecule has 0 bridgehead atoms. The van der Waals surface area contributed by atoms with Gasteiger partial charge in [-0.1, -0.05) is 13.3 Å². The van der Waals surface area contributed by atoms with Gasteiger partial charge in [-0.15, -0.1) is 0 Å². The molecular weight excluding hydrogens is 200 g/mol. The molecule has 0 aromatic carbocycles. The van der Waals surface area contributed by atoms with E-state index in [0.717, 1.165) is 38.4 Å². The first-order valence-corrected chi connectivity index (χ1v) is 6.90. The third-order valence-corrected chi connectivity index (χ3v) is 3.77. The summed E-state index contributed by atoms with van der Waals surface area (Å²) in [6.45, 7) is 9.04. The third kappa shape index (κ3) is 4.04. The smallest absolute Gasteiger partial charge is 0.0667 e. The Kier molecular flexibility index (Phi) is 4.62. The van der Waals surface area contributed by atoms with Crippen molar-refractivity contribution in [3.05, 3.63) is 0 Å². The average Bonchev–Trinajstić information content (AvgIpc) is 3.05. The van der Waals surface area contributed by atoms with E-state index in [9.17, 15) is 5.11 Å². The third-order valence-electron chi connectivity index (χ3n) is 3.77. The van der Waals surface area contributed by atoms with E-state index in [0.29, 0.717) is 0 Å². The molecule has 1 saturated heterocycles. The molecule has 94 valence electrons. The lowest BCUT2D eigenvalue weighted by Gasteiger charge is -2.35. The van der Waals surface area contributed by atoms with E-state index in [1.807, 2.05) is 0 Å². The summed E-state index contributed by atoms with van der Waals surface area (Å²) in [4.78, 5) is 5.02. The van der Waals surface area contributed by atoms with Gasteiger partial charge in [-0.3, -0.25) is 4.90 Å². The predicted molar refractivity (Wildman–Crippen MR) is 66.5 cm³/mol. The van der Waals surface area contributed by atoms with E-state index >= 15 is 0 Å². The van der Waals surface area contributed by atoms with E-state index in [1.165, 1.54) is 32.5 Å². The monoisotopic (exact) mass is 226 g/mol. The van der Waals surface area contributed by atoms with Crippen LogP contribution in [0.1, 0.15) is 32.6 Å². The lowest BCUT2D eigenvalue weighted by atomic mass is 10.2. The molecule has 1 heterocycles. The van der Waals surface area contributed by atoms with E-state index in [4.69, 9.17) is 0 Å². The maximum absolute atomic E-state index is 9.77. The summed E-state index contributed by atoms with van der Waals surface area (Å²) in [6.07, 6.45) is 4.83. The molecule has 2 fully saturated rings. The highest BCUT2D eigenvalue weighted by Crippen LogP contribution is 2.29. The Morgan fingerprint density at radius 2 is 1.75 bits per heavy atom. The lowest BCUT2D eigenvalue weighted by molar-refractivity contribution is 0.0670.